The van der Waals surface area contributed by atoms with Crippen LogP contribution in [0.25, 0.3) is 0 Å². The van der Waals surface area contributed by atoms with Gasteiger partial charge in [-0.05, 0) is 43.5 Å². The van der Waals surface area contributed by atoms with Crippen molar-refractivity contribution in [3.8, 4) is 11.5 Å². The number of rotatable bonds is 8. The summed E-state index contributed by atoms with van der Waals surface area (Å²) in [5.41, 5.74) is 0.822. The molecule has 4 heteroatoms. The van der Waals surface area contributed by atoms with Crippen molar-refractivity contribution in [3.05, 3.63) is 30.7 Å². The van der Waals surface area contributed by atoms with E-state index in [-0.39, 0.29) is 0 Å². The van der Waals surface area contributed by atoms with Gasteiger partial charge >= 0.3 is 0 Å². The van der Waals surface area contributed by atoms with Gasteiger partial charge < -0.3 is 9.47 Å². The fraction of sp³-hybridized carbons (Fsp3) is 0.462. The summed E-state index contributed by atoms with van der Waals surface area (Å²) in [7, 11) is 0. The predicted octanol–water partition coefficient (Wildman–Crippen LogP) is 3.88. The molecule has 0 atom stereocenters. The van der Waals surface area contributed by atoms with Gasteiger partial charge in [-0.1, -0.05) is 0 Å². The molecule has 0 unspecified atom stereocenters. The van der Waals surface area contributed by atoms with Crippen LogP contribution in [-0.4, -0.2) is 25.0 Å². The molecule has 0 fully saturated rings. The highest BCUT2D eigenvalue weighted by atomic mass is 35.5. The lowest BCUT2D eigenvalue weighted by Gasteiger charge is -2.10. The second-order valence-corrected chi connectivity index (χ2v) is 4.31. The van der Waals surface area contributed by atoms with Gasteiger partial charge in [0.15, 0.2) is 0 Å². The van der Waals surface area contributed by atoms with E-state index in [9.17, 15) is 0 Å². The smallest absolute Gasteiger partial charge is 0.122 e. The van der Waals surface area contributed by atoms with Crippen LogP contribution in [0.1, 0.15) is 18.4 Å². The molecule has 0 aromatic heterocycles. The second kappa shape index (κ2) is 8.48. The second-order valence-electron chi connectivity index (χ2n) is 3.55. The van der Waals surface area contributed by atoms with Gasteiger partial charge in [-0.25, -0.2) is 0 Å². The maximum absolute atomic E-state index is 5.58. The first kappa shape index (κ1) is 14.5. The Morgan fingerprint density at radius 3 is 2.24 bits per heavy atom. The lowest BCUT2D eigenvalue weighted by Crippen LogP contribution is -2.01. The molecule has 0 heterocycles. The standard InChI is InChI=1S/C13H17Cl2O2/c1-11-10-12(16-8-2-6-14)4-5-13(11)17-9-3-7-15/h4-5,10H,1-3,6-9H2. The van der Waals surface area contributed by atoms with Crippen molar-refractivity contribution in [2.75, 3.05) is 25.0 Å². The Morgan fingerprint density at radius 1 is 1.00 bits per heavy atom. The molecule has 1 rings (SSSR count). The number of hydrogen-bond acceptors (Lipinski definition) is 2. The first-order chi connectivity index (χ1) is 8.27. The van der Waals surface area contributed by atoms with E-state index in [1.54, 1.807) is 0 Å². The highest BCUT2D eigenvalue weighted by Crippen LogP contribution is 2.23. The van der Waals surface area contributed by atoms with E-state index < -0.39 is 0 Å². The predicted molar refractivity (Wildman–Crippen MR) is 72.6 cm³/mol. The maximum Gasteiger partial charge on any atom is 0.122 e. The van der Waals surface area contributed by atoms with Gasteiger partial charge in [-0.15, -0.1) is 23.2 Å². The Balaban J connectivity index is 2.47. The minimum atomic E-state index is 0.603. The van der Waals surface area contributed by atoms with Crippen LogP contribution in [0, 0.1) is 6.92 Å². The summed E-state index contributed by atoms with van der Waals surface area (Å²) in [6.07, 6.45) is 1.66. The fourth-order valence-electron chi connectivity index (χ4n) is 1.27. The topological polar surface area (TPSA) is 18.5 Å². The minimum Gasteiger partial charge on any atom is -0.494 e. The molecule has 0 amide bonds. The normalized spacial score (nSPS) is 10.3. The van der Waals surface area contributed by atoms with Gasteiger partial charge in [0.2, 0.25) is 0 Å². The fourth-order valence-corrected chi connectivity index (χ4v) is 1.49. The summed E-state index contributed by atoms with van der Waals surface area (Å²) < 4.78 is 11.0. The maximum atomic E-state index is 5.58. The van der Waals surface area contributed by atoms with Gasteiger partial charge in [-0.2, -0.15) is 0 Å². The molecule has 1 aromatic rings. The summed E-state index contributed by atoms with van der Waals surface area (Å²) in [5, 5.41) is 0. The third-order valence-electron chi connectivity index (χ3n) is 2.11. The summed E-state index contributed by atoms with van der Waals surface area (Å²) >= 11 is 11.1. The number of benzene rings is 1. The molecule has 0 saturated heterocycles. The minimum absolute atomic E-state index is 0.603. The number of halogens is 2. The number of alkyl halides is 2. The molecule has 0 aliphatic heterocycles. The van der Waals surface area contributed by atoms with E-state index in [4.69, 9.17) is 32.7 Å². The van der Waals surface area contributed by atoms with E-state index in [0.717, 1.165) is 29.9 Å². The van der Waals surface area contributed by atoms with Crippen LogP contribution in [0.5, 0.6) is 11.5 Å². The zero-order chi connectivity index (χ0) is 12.5. The Labute approximate surface area is 113 Å². The zero-order valence-electron chi connectivity index (χ0n) is 9.75. The monoisotopic (exact) mass is 275 g/mol. The van der Waals surface area contributed by atoms with Crippen LogP contribution >= 0.6 is 23.2 Å². The SMILES string of the molecule is [CH2]c1cc(OCCCCl)ccc1OCCCCl. The molecule has 1 aromatic carbocycles. The first-order valence-electron chi connectivity index (χ1n) is 5.61. The molecule has 0 bridgehead atoms. The molecule has 0 saturated carbocycles. The largest absolute Gasteiger partial charge is 0.494 e. The van der Waals surface area contributed by atoms with E-state index >= 15 is 0 Å². The molecule has 95 valence electrons. The molecule has 17 heavy (non-hydrogen) atoms. The van der Waals surface area contributed by atoms with Crippen molar-refractivity contribution in [2.45, 2.75) is 12.8 Å². The van der Waals surface area contributed by atoms with Gasteiger partial charge in [-0.3, -0.25) is 0 Å². The van der Waals surface area contributed by atoms with E-state index in [1.807, 2.05) is 18.2 Å². The van der Waals surface area contributed by atoms with Crippen molar-refractivity contribution in [1.29, 1.82) is 0 Å². The Bertz CT molecular complexity index is 329. The summed E-state index contributed by atoms with van der Waals surface area (Å²) in [4.78, 5) is 0. The summed E-state index contributed by atoms with van der Waals surface area (Å²) in [6.45, 7) is 5.15. The third kappa shape index (κ3) is 5.51. The number of ether oxygens (including phenoxy) is 2. The molecular formula is C13H17Cl2O2. The van der Waals surface area contributed by atoms with Crippen molar-refractivity contribution < 1.29 is 9.47 Å². The Morgan fingerprint density at radius 2 is 1.65 bits per heavy atom. The van der Waals surface area contributed by atoms with Crippen LogP contribution in [-0.2, 0) is 0 Å². The van der Waals surface area contributed by atoms with Crippen LogP contribution in [0.2, 0.25) is 0 Å². The van der Waals surface area contributed by atoms with Gasteiger partial charge in [0.05, 0.1) is 13.2 Å². The highest BCUT2D eigenvalue weighted by molar-refractivity contribution is 6.18. The molecule has 0 N–H and O–H groups in total. The van der Waals surface area contributed by atoms with Crippen molar-refractivity contribution in [1.82, 2.24) is 0 Å². The average Bonchev–Trinajstić information content (AvgIpc) is 2.32. The van der Waals surface area contributed by atoms with Crippen molar-refractivity contribution in [3.63, 3.8) is 0 Å². The Hall–Kier alpha value is -0.600. The summed E-state index contributed by atoms with van der Waals surface area (Å²) in [6, 6.07) is 5.61. The molecule has 0 aliphatic carbocycles. The van der Waals surface area contributed by atoms with Crippen LogP contribution < -0.4 is 9.47 Å². The van der Waals surface area contributed by atoms with E-state index in [1.165, 1.54) is 0 Å². The molecular weight excluding hydrogens is 259 g/mol. The van der Waals surface area contributed by atoms with Crippen molar-refractivity contribution in [2.24, 2.45) is 0 Å². The number of hydrogen-bond donors (Lipinski definition) is 0. The van der Waals surface area contributed by atoms with Crippen LogP contribution in [0.4, 0.5) is 0 Å². The van der Waals surface area contributed by atoms with Gasteiger partial charge in [0, 0.05) is 11.8 Å². The zero-order valence-corrected chi connectivity index (χ0v) is 11.3. The van der Waals surface area contributed by atoms with E-state index in [2.05, 4.69) is 6.92 Å². The van der Waals surface area contributed by atoms with Gasteiger partial charge in [0.1, 0.15) is 11.5 Å². The molecule has 2 nitrogen and oxygen atoms in total. The lowest BCUT2D eigenvalue weighted by molar-refractivity contribution is 0.308. The third-order valence-corrected chi connectivity index (χ3v) is 2.65. The molecule has 0 spiro atoms. The Kier molecular flexibility index (Phi) is 7.22. The van der Waals surface area contributed by atoms with Crippen molar-refractivity contribution >= 4 is 23.2 Å². The molecule has 0 aliphatic rings. The van der Waals surface area contributed by atoms with E-state index in [0.29, 0.717) is 25.0 Å². The average molecular weight is 276 g/mol. The molecule has 1 radical (unpaired) electrons. The first-order valence-corrected chi connectivity index (χ1v) is 6.68. The highest BCUT2D eigenvalue weighted by Gasteiger charge is 2.02. The summed E-state index contributed by atoms with van der Waals surface area (Å²) in [5.74, 6) is 2.78. The lowest BCUT2D eigenvalue weighted by atomic mass is 10.2. The van der Waals surface area contributed by atoms with Gasteiger partial charge in [0.25, 0.3) is 0 Å². The van der Waals surface area contributed by atoms with Crippen LogP contribution in [0.15, 0.2) is 18.2 Å². The van der Waals surface area contributed by atoms with Crippen LogP contribution in [0.3, 0.4) is 0 Å². The quantitative estimate of drug-likeness (QED) is 0.530.